The topological polar surface area (TPSA) is 52.0 Å². The number of hydrogen-bond acceptors (Lipinski definition) is 2. The Morgan fingerprint density at radius 2 is 1.69 bits per heavy atom. The summed E-state index contributed by atoms with van der Waals surface area (Å²) >= 11 is 12.1. The van der Waals surface area contributed by atoms with Gasteiger partial charge in [-0.3, -0.25) is 0 Å². The predicted molar refractivity (Wildman–Crippen MR) is 73.5 cm³/mol. The summed E-state index contributed by atoms with van der Waals surface area (Å²) in [6.45, 7) is 0.697. The van der Waals surface area contributed by atoms with E-state index in [0.717, 1.165) is 24.8 Å². The molecular formula is C11H17Cl3N2. The second kappa shape index (κ2) is 8.15. The highest BCUT2D eigenvalue weighted by molar-refractivity contribution is 6.36. The molecule has 0 unspecified atom stereocenters. The van der Waals surface area contributed by atoms with E-state index in [4.69, 9.17) is 34.7 Å². The third kappa shape index (κ3) is 4.48. The maximum absolute atomic E-state index is 6.05. The van der Waals surface area contributed by atoms with Gasteiger partial charge in [-0.15, -0.1) is 12.4 Å². The molecule has 1 aromatic rings. The molecule has 5 heteroatoms. The second-order valence-electron chi connectivity index (χ2n) is 3.53. The number of halogens is 3. The van der Waals surface area contributed by atoms with E-state index in [1.807, 2.05) is 18.2 Å². The van der Waals surface area contributed by atoms with Crippen molar-refractivity contribution in [2.24, 2.45) is 11.5 Å². The summed E-state index contributed by atoms with van der Waals surface area (Å²) in [6.07, 6.45) is 2.84. The standard InChI is InChI=1S/C11H16Cl2N2.ClH/c12-8-4-3-5-9(13)11(8)10(15)6-1-2-7-14;/h3-5,10H,1-2,6-7,14-15H2;1H/t10-;/m1./s1. The normalized spacial score (nSPS) is 12.0. The first-order valence-electron chi connectivity index (χ1n) is 5.06. The molecule has 0 amide bonds. The van der Waals surface area contributed by atoms with E-state index in [1.54, 1.807) is 0 Å². The van der Waals surface area contributed by atoms with Crippen LogP contribution in [-0.4, -0.2) is 6.54 Å². The Labute approximate surface area is 113 Å². The summed E-state index contributed by atoms with van der Waals surface area (Å²) in [6, 6.07) is 5.34. The van der Waals surface area contributed by atoms with Gasteiger partial charge in [0.25, 0.3) is 0 Å². The molecule has 0 aliphatic heterocycles. The molecule has 16 heavy (non-hydrogen) atoms. The van der Waals surface area contributed by atoms with E-state index < -0.39 is 0 Å². The molecule has 0 saturated carbocycles. The maximum atomic E-state index is 6.05. The molecule has 0 saturated heterocycles. The summed E-state index contributed by atoms with van der Waals surface area (Å²) < 4.78 is 0. The van der Waals surface area contributed by atoms with Gasteiger partial charge in [-0.1, -0.05) is 35.7 Å². The Morgan fingerprint density at radius 1 is 1.12 bits per heavy atom. The van der Waals surface area contributed by atoms with Crippen LogP contribution in [0.25, 0.3) is 0 Å². The van der Waals surface area contributed by atoms with Gasteiger partial charge in [-0.2, -0.15) is 0 Å². The van der Waals surface area contributed by atoms with Crippen LogP contribution in [0.5, 0.6) is 0 Å². The van der Waals surface area contributed by atoms with E-state index in [1.165, 1.54) is 0 Å². The van der Waals surface area contributed by atoms with Gasteiger partial charge in [0.15, 0.2) is 0 Å². The minimum Gasteiger partial charge on any atom is -0.330 e. The molecule has 1 aromatic carbocycles. The summed E-state index contributed by atoms with van der Waals surface area (Å²) in [4.78, 5) is 0. The van der Waals surface area contributed by atoms with Crippen LogP contribution in [0.15, 0.2) is 18.2 Å². The molecule has 0 spiro atoms. The van der Waals surface area contributed by atoms with Crippen molar-refractivity contribution in [2.45, 2.75) is 25.3 Å². The lowest BCUT2D eigenvalue weighted by atomic mass is 10.0. The lowest BCUT2D eigenvalue weighted by Gasteiger charge is -2.14. The average Bonchev–Trinajstić information content (AvgIpc) is 2.18. The van der Waals surface area contributed by atoms with E-state index in [9.17, 15) is 0 Å². The molecule has 0 fully saturated rings. The van der Waals surface area contributed by atoms with Crippen molar-refractivity contribution < 1.29 is 0 Å². The van der Waals surface area contributed by atoms with Gasteiger partial charge < -0.3 is 11.5 Å². The van der Waals surface area contributed by atoms with E-state index in [2.05, 4.69) is 0 Å². The largest absolute Gasteiger partial charge is 0.330 e. The Bertz CT molecular complexity index is 298. The minimum atomic E-state index is -0.0993. The molecule has 1 atom stereocenters. The van der Waals surface area contributed by atoms with Crippen LogP contribution in [-0.2, 0) is 0 Å². The van der Waals surface area contributed by atoms with E-state index >= 15 is 0 Å². The van der Waals surface area contributed by atoms with Crippen LogP contribution in [0, 0.1) is 0 Å². The van der Waals surface area contributed by atoms with Crippen molar-refractivity contribution >= 4 is 35.6 Å². The molecule has 2 nitrogen and oxygen atoms in total. The molecule has 4 N–H and O–H groups in total. The van der Waals surface area contributed by atoms with Gasteiger partial charge in [0.05, 0.1) is 0 Å². The fraction of sp³-hybridized carbons (Fsp3) is 0.455. The summed E-state index contributed by atoms with van der Waals surface area (Å²) in [5.41, 5.74) is 12.3. The highest BCUT2D eigenvalue weighted by Gasteiger charge is 2.13. The molecule has 92 valence electrons. The van der Waals surface area contributed by atoms with Gasteiger partial charge in [0.1, 0.15) is 0 Å². The summed E-state index contributed by atoms with van der Waals surface area (Å²) in [7, 11) is 0. The van der Waals surface area contributed by atoms with Crippen molar-refractivity contribution in [1.29, 1.82) is 0 Å². The fourth-order valence-electron chi connectivity index (χ4n) is 1.52. The smallest absolute Gasteiger partial charge is 0.0468 e. The zero-order valence-corrected chi connectivity index (χ0v) is 11.3. The van der Waals surface area contributed by atoms with Crippen molar-refractivity contribution in [3.8, 4) is 0 Å². The van der Waals surface area contributed by atoms with Gasteiger partial charge in [0, 0.05) is 21.7 Å². The van der Waals surface area contributed by atoms with Crippen LogP contribution in [0.4, 0.5) is 0 Å². The third-order valence-electron chi connectivity index (χ3n) is 2.34. The molecule has 0 aliphatic rings. The van der Waals surface area contributed by atoms with Crippen LogP contribution in [0.3, 0.4) is 0 Å². The number of nitrogens with two attached hydrogens (primary N) is 2. The quantitative estimate of drug-likeness (QED) is 0.812. The first-order chi connectivity index (χ1) is 7.16. The summed E-state index contributed by atoms with van der Waals surface area (Å²) in [5, 5.41) is 1.28. The lowest BCUT2D eigenvalue weighted by Crippen LogP contribution is -2.12. The zero-order chi connectivity index (χ0) is 11.3. The number of benzene rings is 1. The summed E-state index contributed by atoms with van der Waals surface area (Å²) in [5.74, 6) is 0. The average molecular weight is 284 g/mol. The van der Waals surface area contributed by atoms with Gasteiger partial charge in [-0.25, -0.2) is 0 Å². The SMILES string of the molecule is Cl.NCCCC[C@@H](N)c1c(Cl)cccc1Cl. The molecule has 0 heterocycles. The molecular weight excluding hydrogens is 266 g/mol. The number of hydrogen-bond donors (Lipinski definition) is 2. The van der Waals surface area contributed by atoms with Crippen molar-refractivity contribution in [2.75, 3.05) is 6.54 Å². The first kappa shape index (κ1) is 16.0. The second-order valence-corrected chi connectivity index (χ2v) is 4.34. The highest BCUT2D eigenvalue weighted by Crippen LogP contribution is 2.31. The Kier molecular flexibility index (Phi) is 8.16. The fourth-order valence-corrected chi connectivity index (χ4v) is 2.20. The number of unbranched alkanes of at least 4 members (excludes halogenated alkanes) is 1. The molecule has 0 aliphatic carbocycles. The Balaban J connectivity index is 0.00000225. The van der Waals surface area contributed by atoms with Crippen LogP contribution >= 0.6 is 35.6 Å². The van der Waals surface area contributed by atoms with Crippen molar-refractivity contribution in [3.63, 3.8) is 0 Å². The third-order valence-corrected chi connectivity index (χ3v) is 3.00. The van der Waals surface area contributed by atoms with E-state index in [0.29, 0.717) is 16.6 Å². The first-order valence-corrected chi connectivity index (χ1v) is 5.82. The molecule has 0 bridgehead atoms. The van der Waals surface area contributed by atoms with Crippen molar-refractivity contribution in [1.82, 2.24) is 0 Å². The van der Waals surface area contributed by atoms with Gasteiger partial charge in [0.2, 0.25) is 0 Å². The van der Waals surface area contributed by atoms with Crippen LogP contribution < -0.4 is 11.5 Å². The van der Waals surface area contributed by atoms with Gasteiger partial charge >= 0.3 is 0 Å². The molecule has 0 aromatic heterocycles. The van der Waals surface area contributed by atoms with Crippen LogP contribution in [0.1, 0.15) is 30.9 Å². The van der Waals surface area contributed by atoms with Crippen LogP contribution in [0.2, 0.25) is 10.0 Å². The zero-order valence-electron chi connectivity index (χ0n) is 8.96. The predicted octanol–water partition coefficient (Wildman–Crippen LogP) is 3.54. The lowest BCUT2D eigenvalue weighted by molar-refractivity contribution is 0.591. The Morgan fingerprint density at radius 3 is 2.19 bits per heavy atom. The maximum Gasteiger partial charge on any atom is 0.0468 e. The Hall–Kier alpha value is 0.01000. The molecule has 0 radical (unpaired) electrons. The van der Waals surface area contributed by atoms with Gasteiger partial charge in [-0.05, 0) is 31.5 Å². The monoisotopic (exact) mass is 282 g/mol. The van der Waals surface area contributed by atoms with E-state index in [-0.39, 0.29) is 18.4 Å². The number of rotatable bonds is 5. The van der Waals surface area contributed by atoms with Crippen molar-refractivity contribution in [3.05, 3.63) is 33.8 Å². The highest BCUT2D eigenvalue weighted by atomic mass is 35.5. The minimum absolute atomic E-state index is 0. The molecule has 1 rings (SSSR count).